The van der Waals surface area contributed by atoms with E-state index in [1.807, 2.05) is 39.8 Å². The Bertz CT molecular complexity index is 3890. The molecule has 7 N–H and O–H groups in total. The molecule has 2 aromatic carbocycles. The van der Waals surface area contributed by atoms with E-state index in [2.05, 4.69) is 47.3 Å². The van der Waals surface area contributed by atoms with Crippen molar-refractivity contribution in [2.24, 2.45) is 14.1 Å². The van der Waals surface area contributed by atoms with Gasteiger partial charge in [0, 0.05) is 82.7 Å². The molecular formula is C60H90Cl2F3N13O16S2. The van der Waals surface area contributed by atoms with Gasteiger partial charge in [0.2, 0.25) is 10.0 Å². The third kappa shape index (κ3) is 23.4. The van der Waals surface area contributed by atoms with Crippen LogP contribution in [0.25, 0.3) is 44.8 Å². The number of alkyl halides is 3. The van der Waals surface area contributed by atoms with Crippen molar-refractivity contribution in [3.8, 4) is 34.3 Å². The highest BCUT2D eigenvalue weighted by Crippen LogP contribution is 2.35. The third-order valence-electron chi connectivity index (χ3n) is 14.3. The molecule has 0 aliphatic carbocycles. The van der Waals surface area contributed by atoms with E-state index < -0.39 is 42.9 Å². The Morgan fingerprint density at radius 1 is 0.698 bits per heavy atom. The fraction of sp³-hybridized carbons (Fsp3) is 0.583. The van der Waals surface area contributed by atoms with E-state index in [9.17, 15) is 49.2 Å². The summed E-state index contributed by atoms with van der Waals surface area (Å²) in [6.45, 7) is 21.0. The first kappa shape index (κ1) is 83.4. The summed E-state index contributed by atoms with van der Waals surface area (Å²) in [6.07, 6.45) is -0.417. The second-order valence-corrected chi connectivity index (χ2v) is 27.4. The first-order chi connectivity index (χ1) is 44.5. The number of aliphatic hydroxyl groups is 3. The van der Waals surface area contributed by atoms with E-state index in [0.717, 1.165) is 51.0 Å². The van der Waals surface area contributed by atoms with E-state index in [1.165, 1.54) is 48.9 Å². The number of carboxylic acid groups (broad SMARTS) is 1. The van der Waals surface area contributed by atoms with Crippen molar-refractivity contribution in [1.82, 2.24) is 63.8 Å². The van der Waals surface area contributed by atoms with Gasteiger partial charge in [0.25, 0.3) is 20.2 Å². The number of ketones is 1. The number of carbonyl (C=O) groups is 3. The lowest BCUT2D eigenvalue weighted by Crippen LogP contribution is -2.60. The zero-order valence-electron chi connectivity index (χ0n) is 56.0. The minimum atomic E-state index is -5.08. The smallest absolute Gasteiger partial charge is 0.490 e. The molecule has 36 heteroatoms. The maximum absolute atomic E-state index is 13.3. The number of aliphatic hydroxyl groups excluding tert-OH is 3. The highest BCUT2D eigenvalue weighted by Gasteiger charge is 2.40. The molecular weight excluding hydrogens is 1350 g/mol. The van der Waals surface area contributed by atoms with Gasteiger partial charge in [0.05, 0.1) is 71.8 Å². The molecule has 3 saturated heterocycles. The molecule has 0 atom stereocenters. The van der Waals surface area contributed by atoms with Crippen LogP contribution in [0, 0.1) is 0 Å². The summed E-state index contributed by atoms with van der Waals surface area (Å²) in [5.41, 5.74) is 2.69. The van der Waals surface area contributed by atoms with Crippen molar-refractivity contribution in [2.45, 2.75) is 128 Å². The highest BCUT2D eigenvalue weighted by molar-refractivity contribution is 8.13. The number of aromatic amines is 2. The number of halogens is 5. The second-order valence-electron chi connectivity index (χ2n) is 22.9. The number of carbonyl (C=O) groups excluding carboxylic acids is 2. The molecule has 1 amide bonds. The molecule has 0 radical (unpaired) electrons. The summed E-state index contributed by atoms with van der Waals surface area (Å²) in [5, 5.41) is 44.9. The number of aliphatic carboxylic acids is 1. The topological polar surface area (TPSA) is 380 Å². The van der Waals surface area contributed by atoms with E-state index >= 15 is 0 Å². The third-order valence-corrected chi connectivity index (χ3v) is 17.5. The fourth-order valence-corrected chi connectivity index (χ4v) is 11.4. The number of carboxylic acids is 1. The standard InChI is InChI=1S/C23H32N6O5S.C17H19ClN4O4S.C8H13NO3.C6H14N2O.C4H10O.C2HF3O2.ClH/c1-5-7-18-20-21(28(4)26-18)23(31)25-22(24-20)17-12-16(8-9-19(17)34-6-2)35(32,33)29-13-15(14-29)27(3)10-11-30;1-4-6-12-14-15(22(3)21-12)17(23)20-16(19-14)11-9-10(27(18,24)25)7-8-13(11)26-5-2;1-8(2,3)12-7(11)9-4-6(10)5-9;1-8(2-3-9)6-4-7-5-6;1-2-3-4-5;3-2(4,5)1(6)7;/h8-9,12,15,30H,5-7,10-11,13-14H2,1-4H3,(H,24,25,31);7-9H,4-6H2,1-3H3,(H,19,20,23);4-5H2,1-3H3;6-7,9H,2-5H2,1H3;5H,2-4H2,1H3;(H,6,7);1H. The van der Waals surface area contributed by atoms with Crippen LogP contribution in [0.4, 0.5) is 18.0 Å². The van der Waals surface area contributed by atoms with Gasteiger partial charge in [-0.05, 0) is 104 Å². The number of hydrogen-bond donors (Lipinski definition) is 7. The number of H-pyrrole nitrogens is 2. The number of aromatic nitrogens is 8. The summed E-state index contributed by atoms with van der Waals surface area (Å²) < 4.78 is 103. The van der Waals surface area contributed by atoms with Gasteiger partial charge in [-0.1, -0.05) is 40.0 Å². The Morgan fingerprint density at radius 3 is 1.46 bits per heavy atom. The predicted molar refractivity (Wildman–Crippen MR) is 357 cm³/mol. The van der Waals surface area contributed by atoms with E-state index in [0.29, 0.717) is 109 Å². The van der Waals surface area contributed by atoms with Gasteiger partial charge in [-0.25, -0.2) is 36.4 Å². The molecule has 3 fully saturated rings. The Morgan fingerprint density at radius 2 is 1.12 bits per heavy atom. The maximum Gasteiger partial charge on any atom is 0.490 e. The molecule has 3 aliphatic rings. The predicted octanol–water partition coefficient (Wildman–Crippen LogP) is 5.10. The summed E-state index contributed by atoms with van der Waals surface area (Å²) in [7, 11) is 5.06. The van der Waals surface area contributed by atoms with Crippen molar-refractivity contribution < 1.29 is 79.0 Å². The molecule has 0 unspecified atom stereocenters. The second kappa shape index (κ2) is 37.8. The first-order valence-electron chi connectivity index (χ1n) is 30.7. The summed E-state index contributed by atoms with van der Waals surface area (Å²) in [5.74, 6) is -1.42. The number of amides is 1. The Kier molecular flexibility index (Phi) is 32.8. The Balaban J connectivity index is 0.000000343. The van der Waals surface area contributed by atoms with E-state index in [4.69, 9.17) is 50.1 Å². The average Bonchev–Trinajstić information content (AvgIpc) is 1.62. The molecule has 29 nitrogen and oxygen atoms in total. The average molecular weight is 1440 g/mol. The van der Waals surface area contributed by atoms with Crippen LogP contribution in [-0.2, 0) is 60.3 Å². The van der Waals surface area contributed by atoms with Crippen molar-refractivity contribution in [2.75, 3.05) is 99.5 Å². The number of likely N-dealkylation sites (tertiary alicyclic amines) is 1. The van der Waals surface area contributed by atoms with Gasteiger partial charge in [0.1, 0.15) is 39.8 Å². The zero-order valence-corrected chi connectivity index (χ0v) is 59.2. The minimum Gasteiger partial charge on any atom is -0.493 e. The van der Waals surface area contributed by atoms with Crippen molar-refractivity contribution in [1.29, 1.82) is 0 Å². The molecule has 0 saturated carbocycles. The molecule has 7 heterocycles. The van der Waals surface area contributed by atoms with Gasteiger partial charge in [-0.3, -0.25) is 38.4 Å². The monoisotopic (exact) mass is 1440 g/mol. The lowest BCUT2D eigenvalue weighted by molar-refractivity contribution is -0.192. The largest absolute Gasteiger partial charge is 0.493 e. The van der Waals surface area contributed by atoms with Gasteiger partial charge < -0.3 is 49.9 Å². The lowest BCUT2D eigenvalue weighted by Gasteiger charge is -2.42. The van der Waals surface area contributed by atoms with Gasteiger partial charge >= 0.3 is 18.2 Å². The fourth-order valence-electron chi connectivity index (χ4n) is 9.12. The van der Waals surface area contributed by atoms with Crippen LogP contribution in [0.15, 0.2) is 55.8 Å². The number of nitrogens with zero attached hydrogens (tertiary/aromatic N) is 10. The SMILES string of the molecule is CC(C)(C)OC(=O)N1CC(=O)C1.CCCCO.CCCc1nn(C)c2c(=O)[nH]c(-c3cc(S(=O)(=O)Cl)ccc3OCC)nc12.CCCc1nn(C)c2c(=O)[nH]c(-c3cc(S(=O)(=O)N4CC(N(C)CCO)C4)ccc3OCC)nc12.CN(CCO)C1CNC1.Cl.O=C(O)C(F)(F)F. The van der Waals surface area contributed by atoms with E-state index in [1.54, 1.807) is 47.9 Å². The molecule has 9 rings (SSSR count). The number of nitrogens with one attached hydrogen (secondary N) is 3. The zero-order chi connectivity index (χ0) is 71.3. The van der Waals surface area contributed by atoms with Crippen LogP contribution in [0.3, 0.4) is 0 Å². The number of likely N-dealkylation sites (N-methyl/N-ethyl adjacent to an activating group) is 2. The van der Waals surface area contributed by atoms with Crippen LogP contribution in [0.5, 0.6) is 11.5 Å². The summed E-state index contributed by atoms with van der Waals surface area (Å²) >= 11 is 0. The van der Waals surface area contributed by atoms with Crippen molar-refractivity contribution >= 4 is 82.1 Å². The number of fused-ring (bicyclic) bond motifs is 2. The normalized spacial score (nSPS) is 14.2. The van der Waals surface area contributed by atoms with Gasteiger partial charge in [0.15, 0.2) is 16.8 Å². The van der Waals surface area contributed by atoms with E-state index in [-0.39, 0.29) is 83.1 Å². The van der Waals surface area contributed by atoms with Crippen LogP contribution < -0.4 is 25.9 Å². The van der Waals surface area contributed by atoms with Gasteiger partial charge in [-0.2, -0.15) is 27.7 Å². The number of aryl methyl sites for hydroxylation is 4. The van der Waals surface area contributed by atoms with Crippen LogP contribution >= 0.6 is 23.1 Å². The van der Waals surface area contributed by atoms with Crippen LogP contribution in [-0.4, -0.2) is 237 Å². The molecule has 4 aromatic heterocycles. The first-order valence-corrected chi connectivity index (χ1v) is 34.4. The van der Waals surface area contributed by atoms with Crippen molar-refractivity contribution in [3.05, 3.63) is 68.5 Å². The summed E-state index contributed by atoms with van der Waals surface area (Å²) in [6, 6.07) is 9.52. The molecule has 6 aromatic rings. The number of Topliss-reactive ketones (excluding diaryl/α,β-unsaturated/α-hetero) is 1. The minimum absolute atomic E-state index is 0. The quantitative estimate of drug-likeness (QED) is 0.0461. The number of rotatable bonds is 21. The Labute approximate surface area is 566 Å². The highest BCUT2D eigenvalue weighted by atomic mass is 35.7. The van der Waals surface area contributed by atoms with Gasteiger partial charge in [-0.15, -0.1) is 12.4 Å². The molecule has 0 bridgehead atoms. The lowest BCUT2D eigenvalue weighted by atomic mass is 10.1. The number of hydrogen-bond acceptors (Lipinski definition) is 22. The summed E-state index contributed by atoms with van der Waals surface area (Å²) in [4.78, 5) is 76.3. The number of ether oxygens (including phenoxy) is 3. The van der Waals surface area contributed by atoms with Crippen LogP contribution in [0.2, 0.25) is 0 Å². The maximum atomic E-state index is 13.3. The molecule has 0 spiro atoms. The molecule has 96 heavy (non-hydrogen) atoms. The molecule has 538 valence electrons. The Hall–Kier alpha value is -6.86. The molecule has 3 aliphatic heterocycles. The number of sulfonamides is 1. The van der Waals surface area contributed by atoms with Crippen LogP contribution in [0.1, 0.15) is 92.5 Å². The van der Waals surface area contributed by atoms with Crippen molar-refractivity contribution in [3.63, 3.8) is 0 Å². The number of unbranched alkanes of at least 4 members (excludes halogenated alkanes) is 1. The number of benzene rings is 2.